The van der Waals surface area contributed by atoms with Crippen molar-refractivity contribution in [3.05, 3.63) is 65.4 Å². The van der Waals surface area contributed by atoms with Crippen LogP contribution in [-0.2, 0) is 9.53 Å². The van der Waals surface area contributed by atoms with Crippen molar-refractivity contribution < 1.29 is 23.9 Å². The van der Waals surface area contributed by atoms with Crippen LogP contribution in [-0.4, -0.2) is 42.7 Å². The molecule has 9 nitrogen and oxygen atoms in total. The summed E-state index contributed by atoms with van der Waals surface area (Å²) in [6.45, 7) is 7.88. The maximum absolute atomic E-state index is 13.1. The van der Waals surface area contributed by atoms with Crippen molar-refractivity contribution in [3.63, 3.8) is 0 Å². The quantitative estimate of drug-likeness (QED) is 0.403. The topological polar surface area (TPSA) is 109 Å². The molecule has 0 bridgehead atoms. The summed E-state index contributed by atoms with van der Waals surface area (Å²) in [6.07, 6.45) is 1.42. The first-order chi connectivity index (χ1) is 17.2. The summed E-state index contributed by atoms with van der Waals surface area (Å²) < 4.78 is 10.6. The van der Waals surface area contributed by atoms with E-state index in [1.54, 1.807) is 81.3 Å². The average Bonchev–Trinajstić information content (AvgIpc) is 2.83. The molecule has 1 heterocycles. The van der Waals surface area contributed by atoms with E-state index in [0.717, 1.165) is 12.8 Å². The Morgan fingerprint density at radius 2 is 1.78 bits per heavy atom. The fourth-order valence-electron chi connectivity index (χ4n) is 3.92. The van der Waals surface area contributed by atoms with Gasteiger partial charge in [-0.2, -0.15) is 0 Å². The molecule has 192 valence electrons. The van der Waals surface area contributed by atoms with E-state index in [1.165, 1.54) is 0 Å². The average molecular weight is 495 g/mol. The normalized spacial score (nSPS) is 15.4. The van der Waals surface area contributed by atoms with Crippen LogP contribution in [0.25, 0.3) is 0 Å². The zero-order chi connectivity index (χ0) is 26.2. The van der Waals surface area contributed by atoms with Crippen LogP contribution in [0.3, 0.4) is 0 Å². The van der Waals surface area contributed by atoms with Crippen molar-refractivity contribution in [1.82, 2.24) is 10.2 Å². The lowest BCUT2D eigenvalue weighted by Crippen LogP contribution is -2.48. The summed E-state index contributed by atoms with van der Waals surface area (Å²) in [6, 6.07) is 12.6. The maximum atomic E-state index is 13.1. The van der Waals surface area contributed by atoms with E-state index in [9.17, 15) is 14.4 Å². The number of ether oxygens (including phenoxy) is 2. The number of rotatable bonds is 9. The summed E-state index contributed by atoms with van der Waals surface area (Å²) in [5.41, 5.74) is 2.71. The van der Waals surface area contributed by atoms with Gasteiger partial charge in [-0.05, 0) is 69.2 Å². The number of urea groups is 2. The van der Waals surface area contributed by atoms with Crippen molar-refractivity contribution in [2.24, 2.45) is 0 Å². The zero-order valence-corrected chi connectivity index (χ0v) is 21.4. The van der Waals surface area contributed by atoms with Gasteiger partial charge in [0.1, 0.15) is 5.75 Å². The van der Waals surface area contributed by atoms with E-state index in [-0.39, 0.29) is 12.1 Å². The molecule has 2 aromatic rings. The number of anilines is 2. The van der Waals surface area contributed by atoms with Crippen molar-refractivity contribution in [2.75, 3.05) is 24.3 Å². The van der Waals surface area contributed by atoms with Crippen molar-refractivity contribution in [1.29, 1.82) is 0 Å². The van der Waals surface area contributed by atoms with Crippen molar-refractivity contribution in [3.8, 4) is 5.75 Å². The Hall–Kier alpha value is -4.01. The van der Waals surface area contributed by atoms with E-state index >= 15 is 0 Å². The molecule has 0 aliphatic carbocycles. The number of carbonyl (C=O) groups excluding carboxylic acids is 3. The fourth-order valence-corrected chi connectivity index (χ4v) is 3.92. The number of esters is 1. The van der Waals surface area contributed by atoms with Gasteiger partial charge in [0.2, 0.25) is 0 Å². The van der Waals surface area contributed by atoms with Crippen LogP contribution in [0.15, 0.2) is 59.8 Å². The highest BCUT2D eigenvalue weighted by Gasteiger charge is 2.36. The molecular weight excluding hydrogens is 460 g/mol. The molecule has 1 unspecified atom stereocenters. The summed E-state index contributed by atoms with van der Waals surface area (Å²) in [5, 5.41) is 8.51. The van der Waals surface area contributed by atoms with Crippen LogP contribution in [0.4, 0.5) is 21.0 Å². The van der Waals surface area contributed by atoms with E-state index in [0.29, 0.717) is 40.5 Å². The number of hydrogen-bond donors (Lipinski definition) is 3. The Morgan fingerprint density at radius 1 is 1.08 bits per heavy atom. The molecule has 0 saturated carbocycles. The SMILES string of the molecule is CCCCN1C(=O)NC(c2cccc(NC(=O)Nc3ccc(OC)cc3)c2)C(C(=O)OC(C)C)=C1C. The van der Waals surface area contributed by atoms with Gasteiger partial charge in [0, 0.05) is 23.6 Å². The van der Waals surface area contributed by atoms with Gasteiger partial charge >= 0.3 is 18.0 Å². The number of unbranched alkanes of at least 4 members (excludes halogenated alkanes) is 1. The first kappa shape index (κ1) is 26.6. The molecule has 0 spiro atoms. The van der Waals surface area contributed by atoms with Gasteiger partial charge in [0.15, 0.2) is 0 Å². The number of hydrogen-bond acceptors (Lipinski definition) is 5. The molecule has 0 fully saturated rings. The Balaban J connectivity index is 1.85. The van der Waals surface area contributed by atoms with Crippen LogP contribution in [0.2, 0.25) is 0 Å². The fraction of sp³-hybridized carbons (Fsp3) is 0.370. The lowest BCUT2D eigenvalue weighted by atomic mass is 9.94. The second-order valence-electron chi connectivity index (χ2n) is 8.77. The molecule has 0 saturated heterocycles. The number of amides is 4. The van der Waals surface area contributed by atoms with Gasteiger partial charge in [-0.1, -0.05) is 25.5 Å². The largest absolute Gasteiger partial charge is 0.497 e. The van der Waals surface area contributed by atoms with Gasteiger partial charge < -0.3 is 25.4 Å². The van der Waals surface area contributed by atoms with Crippen molar-refractivity contribution >= 4 is 29.4 Å². The minimum atomic E-state index is -0.715. The highest BCUT2D eigenvalue weighted by Crippen LogP contribution is 2.33. The van der Waals surface area contributed by atoms with Crippen LogP contribution in [0.5, 0.6) is 5.75 Å². The van der Waals surface area contributed by atoms with Crippen molar-refractivity contribution in [2.45, 2.75) is 52.7 Å². The number of allylic oxidation sites excluding steroid dienone is 1. The molecule has 4 amide bonds. The second-order valence-corrected chi connectivity index (χ2v) is 8.77. The number of methoxy groups -OCH3 is 1. The second kappa shape index (κ2) is 12.1. The first-order valence-electron chi connectivity index (χ1n) is 12.0. The molecule has 2 aromatic carbocycles. The monoisotopic (exact) mass is 494 g/mol. The molecule has 36 heavy (non-hydrogen) atoms. The highest BCUT2D eigenvalue weighted by molar-refractivity contribution is 6.00. The number of carbonyl (C=O) groups is 3. The number of benzene rings is 2. The maximum Gasteiger partial charge on any atom is 0.338 e. The number of nitrogens with one attached hydrogen (secondary N) is 3. The molecule has 3 rings (SSSR count). The van der Waals surface area contributed by atoms with E-state index in [1.807, 2.05) is 6.92 Å². The van der Waals surface area contributed by atoms with Crippen LogP contribution < -0.4 is 20.7 Å². The predicted octanol–water partition coefficient (Wildman–Crippen LogP) is 5.43. The number of nitrogens with zero attached hydrogens (tertiary/aromatic N) is 1. The minimum absolute atomic E-state index is 0.275. The molecule has 0 radical (unpaired) electrons. The zero-order valence-electron chi connectivity index (χ0n) is 21.4. The van der Waals surface area contributed by atoms with E-state index < -0.39 is 18.0 Å². The smallest absolute Gasteiger partial charge is 0.338 e. The van der Waals surface area contributed by atoms with E-state index in [2.05, 4.69) is 16.0 Å². The molecule has 1 aliphatic rings. The third kappa shape index (κ3) is 6.56. The molecule has 1 aliphatic heterocycles. The Kier molecular flexibility index (Phi) is 8.94. The van der Waals surface area contributed by atoms with Gasteiger partial charge in [-0.3, -0.25) is 4.90 Å². The Morgan fingerprint density at radius 3 is 2.42 bits per heavy atom. The summed E-state index contributed by atoms with van der Waals surface area (Å²) in [5.74, 6) is 0.205. The van der Waals surface area contributed by atoms with E-state index in [4.69, 9.17) is 9.47 Å². The highest BCUT2D eigenvalue weighted by atomic mass is 16.5. The lowest BCUT2D eigenvalue weighted by molar-refractivity contribution is -0.143. The third-order valence-corrected chi connectivity index (χ3v) is 5.72. The van der Waals surface area contributed by atoms with Gasteiger partial charge in [-0.25, -0.2) is 14.4 Å². The molecular formula is C27H34N4O5. The molecule has 3 N–H and O–H groups in total. The first-order valence-corrected chi connectivity index (χ1v) is 12.0. The third-order valence-electron chi connectivity index (χ3n) is 5.72. The van der Waals surface area contributed by atoms with Gasteiger partial charge in [0.05, 0.1) is 24.8 Å². The summed E-state index contributed by atoms with van der Waals surface area (Å²) >= 11 is 0. The minimum Gasteiger partial charge on any atom is -0.497 e. The molecule has 0 aromatic heterocycles. The van der Waals surface area contributed by atoms with Gasteiger partial charge in [-0.15, -0.1) is 0 Å². The molecule has 9 heteroatoms. The van der Waals surface area contributed by atoms with Gasteiger partial charge in [0.25, 0.3) is 0 Å². The summed E-state index contributed by atoms with van der Waals surface area (Å²) in [7, 11) is 1.57. The van der Waals surface area contributed by atoms with Crippen LogP contribution in [0, 0.1) is 0 Å². The summed E-state index contributed by atoms with van der Waals surface area (Å²) in [4.78, 5) is 40.2. The lowest BCUT2D eigenvalue weighted by Gasteiger charge is -2.35. The Bertz CT molecular complexity index is 1130. The molecule has 1 atom stereocenters. The Labute approximate surface area is 211 Å². The standard InChI is InChI=1S/C27H34N4O5/c1-6-7-15-31-18(4)23(25(32)36-17(2)3)24(30-27(31)34)19-9-8-10-21(16-19)29-26(33)28-20-11-13-22(35-5)14-12-20/h8-14,16-17,24H,6-7,15H2,1-5H3,(H,30,34)(H2,28,29,33). The predicted molar refractivity (Wildman–Crippen MR) is 139 cm³/mol. The van der Waals surface area contributed by atoms with Crippen LogP contribution >= 0.6 is 0 Å². The van der Waals surface area contributed by atoms with Crippen LogP contribution in [0.1, 0.15) is 52.1 Å².